The van der Waals surface area contributed by atoms with Crippen molar-refractivity contribution in [2.75, 3.05) is 0 Å². The number of halogens is 6. The molecule has 1 rings (SSSR count). The van der Waals surface area contributed by atoms with Crippen LogP contribution in [0, 0.1) is 17.3 Å². The van der Waals surface area contributed by atoms with Gasteiger partial charge >= 0.3 is 6.18 Å². The van der Waals surface area contributed by atoms with E-state index in [0.29, 0.717) is 0 Å². The minimum atomic E-state index is -5.01. The Morgan fingerprint density at radius 2 is 1.94 bits per heavy atom. The van der Waals surface area contributed by atoms with E-state index in [9.17, 15) is 26.3 Å². The topological polar surface area (TPSA) is 36.7 Å². The van der Waals surface area contributed by atoms with Gasteiger partial charge in [0, 0.05) is 5.56 Å². The summed E-state index contributed by atoms with van der Waals surface area (Å²) >= 11 is 0. The van der Waals surface area contributed by atoms with E-state index in [1.807, 2.05) is 0 Å². The van der Waals surface area contributed by atoms with E-state index in [1.165, 1.54) is 6.07 Å². The lowest BCUT2D eigenvalue weighted by atomic mass is 10.1. The molecule has 0 amide bonds. The van der Waals surface area contributed by atoms with Gasteiger partial charge in [-0.25, -0.2) is 13.8 Å². The van der Waals surface area contributed by atoms with Crippen LogP contribution in [0.25, 0.3) is 0 Å². The van der Waals surface area contributed by atoms with Crippen molar-refractivity contribution in [2.45, 2.75) is 19.0 Å². The highest BCUT2D eigenvalue weighted by atomic mass is 19.4. The molecule has 0 unspecified atom stereocenters. The van der Waals surface area contributed by atoms with E-state index < -0.39 is 41.8 Å². The third-order valence-electron chi connectivity index (χ3n) is 1.88. The van der Waals surface area contributed by atoms with E-state index in [2.05, 4.69) is 4.98 Å². The van der Waals surface area contributed by atoms with Gasteiger partial charge in [0.1, 0.15) is 5.69 Å². The average molecular weight is 254 g/mol. The molecule has 0 aliphatic rings. The summed E-state index contributed by atoms with van der Waals surface area (Å²) in [6.45, 7) is 0. The predicted molar refractivity (Wildman–Crippen MR) is 43.5 cm³/mol. The van der Waals surface area contributed by atoms with Gasteiger partial charge in [-0.05, 0) is 6.07 Å². The molecular formula is C9H4F6N2. The highest BCUT2D eigenvalue weighted by Crippen LogP contribution is 2.35. The Labute approximate surface area is 91.5 Å². The van der Waals surface area contributed by atoms with Gasteiger partial charge in [-0.3, -0.25) is 0 Å². The molecule has 92 valence electrons. The summed E-state index contributed by atoms with van der Waals surface area (Å²) in [5, 5.41) is 8.25. The van der Waals surface area contributed by atoms with Crippen LogP contribution in [-0.2, 0) is 12.6 Å². The van der Waals surface area contributed by atoms with Crippen molar-refractivity contribution in [1.29, 1.82) is 5.26 Å². The standard InChI is InChI=1S/C9H4F6N2/c10-7(11)6-3-5(9(13,14)15)4(1-2-16)8(12)17-6/h3,7H,1H2. The molecule has 0 aliphatic carbocycles. The maximum Gasteiger partial charge on any atom is 0.416 e. The number of alkyl halides is 5. The fraction of sp³-hybridized carbons (Fsp3) is 0.333. The van der Waals surface area contributed by atoms with Gasteiger partial charge in [-0.2, -0.15) is 22.8 Å². The molecule has 0 aromatic carbocycles. The predicted octanol–water partition coefficient (Wildman–Crippen LogP) is 3.24. The summed E-state index contributed by atoms with van der Waals surface area (Å²) in [4.78, 5) is 2.70. The van der Waals surface area contributed by atoms with Crippen LogP contribution in [0.5, 0.6) is 0 Å². The van der Waals surface area contributed by atoms with E-state index in [1.54, 1.807) is 0 Å². The van der Waals surface area contributed by atoms with E-state index in [-0.39, 0.29) is 6.07 Å². The normalized spacial score (nSPS) is 11.6. The Hall–Kier alpha value is -1.78. The fourth-order valence-corrected chi connectivity index (χ4v) is 1.17. The van der Waals surface area contributed by atoms with Crippen LogP contribution in [0.4, 0.5) is 26.3 Å². The summed E-state index contributed by atoms with van der Waals surface area (Å²) in [6.07, 6.45) is -9.22. The van der Waals surface area contributed by atoms with Crippen molar-refractivity contribution in [3.05, 3.63) is 28.8 Å². The third-order valence-corrected chi connectivity index (χ3v) is 1.88. The van der Waals surface area contributed by atoms with Crippen LogP contribution in [0.1, 0.15) is 23.2 Å². The smallest absolute Gasteiger partial charge is 0.218 e. The van der Waals surface area contributed by atoms with Crippen LogP contribution < -0.4 is 0 Å². The summed E-state index contributed by atoms with van der Waals surface area (Å²) < 4.78 is 74.8. The van der Waals surface area contributed by atoms with Gasteiger partial charge in [0.2, 0.25) is 5.95 Å². The van der Waals surface area contributed by atoms with Crippen LogP contribution in [0.3, 0.4) is 0 Å². The molecule has 0 N–H and O–H groups in total. The van der Waals surface area contributed by atoms with Crippen LogP contribution in [0.2, 0.25) is 0 Å². The van der Waals surface area contributed by atoms with Gasteiger partial charge in [0.15, 0.2) is 0 Å². The van der Waals surface area contributed by atoms with Crippen LogP contribution in [0.15, 0.2) is 6.07 Å². The summed E-state index contributed by atoms with van der Waals surface area (Å²) in [5.74, 6) is -1.70. The molecule has 8 heteroatoms. The lowest BCUT2D eigenvalue weighted by Gasteiger charge is -2.12. The zero-order chi connectivity index (χ0) is 13.2. The number of aromatic nitrogens is 1. The van der Waals surface area contributed by atoms with Crippen molar-refractivity contribution in [3.8, 4) is 6.07 Å². The lowest BCUT2D eigenvalue weighted by Crippen LogP contribution is -2.13. The summed E-state index contributed by atoms with van der Waals surface area (Å²) in [7, 11) is 0. The Bertz CT molecular complexity index is 460. The first-order valence-electron chi connectivity index (χ1n) is 4.19. The molecule has 0 saturated carbocycles. The van der Waals surface area contributed by atoms with Gasteiger partial charge < -0.3 is 0 Å². The minimum Gasteiger partial charge on any atom is -0.218 e. The van der Waals surface area contributed by atoms with E-state index in [0.717, 1.165) is 0 Å². The first-order chi connectivity index (χ1) is 7.77. The Morgan fingerprint density at radius 3 is 2.35 bits per heavy atom. The number of nitriles is 1. The molecule has 2 nitrogen and oxygen atoms in total. The van der Waals surface area contributed by atoms with Gasteiger partial charge in [0.05, 0.1) is 18.1 Å². The molecule has 0 spiro atoms. The molecule has 0 aliphatic heterocycles. The van der Waals surface area contributed by atoms with Gasteiger partial charge in [-0.15, -0.1) is 0 Å². The molecular weight excluding hydrogens is 250 g/mol. The maximum atomic E-state index is 13.1. The molecule has 0 fully saturated rings. The van der Waals surface area contributed by atoms with Crippen molar-refractivity contribution >= 4 is 0 Å². The second-order valence-corrected chi connectivity index (χ2v) is 3.00. The first-order valence-corrected chi connectivity index (χ1v) is 4.19. The maximum absolute atomic E-state index is 13.1. The van der Waals surface area contributed by atoms with Crippen LogP contribution in [-0.4, -0.2) is 4.98 Å². The van der Waals surface area contributed by atoms with E-state index >= 15 is 0 Å². The van der Waals surface area contributed by atoms with Gasteiger partial charge in [-0.1, -0.05) is 0 Å². The third kappa shape index (κ3) is 2.87. The van der Waals surface area contributed by atoms with Crippen molar-refractivity contribution in [3.63, 3.8) is 0 Å². The molecule has 0 atom stereocenters. The zero-order valence-electron chi connectivity index (χ0n) is 8.02. The number of rotatable bonds is 2. The summed E-state index contributed by atoms with van der Waals surface area (Å²) in [6, 6.07) is 1.37. The highest BCUT2D eigenvalue weighted by molar-refractivity contribution is 5.32. The Kier molecular flexibility index (Phi) is 3.60. The minimum absolute atomic E-state index is 0.0560. The monoisotopic (exact) mass is 254 g/mol. The quantitative estimate of drug-likeness (QED) is 0.600. The molecule has 17 heavy (non-hydrogen) atoms. The molecule has 0 bridgehead atoms. The highest BCUT2D eigenvalue weighted by Gasteiger charge is 2.36. The zero-order valence-corrected chi connectivity index (χ0v) is 8.02. The second kappa shape index (κ2) is 4.61. The second-order valence-electron chi connectivity index (χ2n) is 3.00. The molecule has 1 heterocycles. The van der Waals surface area contributed by atoms with Crippen molar-refractivity contribution in [2.24, 2.45) is 0 Å². The van der Waals surface area contributed by atoms with Crippen molar-refractivity contribution in [1.82, 2.24) is 4.98 Å². The largest absolute Gasteiger partial charge is 0.416 e. The number of nitrogens with zero attached hydrogens (tertiary/aromatic N) is 2. The Balaban J connectivity index is 3.46. The fourth-order valence-electron chi connectivity index (χ4n) is 1.17. The Morgan fingerprint density at radius 1 is 1.35 bits per heavy atom. The lowest BCUT2D eigenvalue weighted by molar-refractivity contribution is -0.138. The molecule has 0 saturated heterocycles. The number of hydrogen-bond acceptors (Lipinski definition) is 2. The molecule has 0 radical (unpaired) electrons. The molecule has 1 aromatic rings. The van der Waals surface area contributed by atoms with Crippen LogP contribution >= 0.6 is 0 Å². The van der Waals surface area contributed by atoms with Crippen molar-refractivity contribution < 1.29 is 26.3 Å². The first kappa shape index (κ1) is 13.3. The SMILES string of the molecule is N#CCc1c(C(F)(F)F)cc(C(F)F)nc1F. The summed E-state index contributed by atoms with van der Waals surface area (Å²) in [5.41, 5.74) is -3.93. The average Bonchev–Trinajstić information content (AvgIpc) is 2.18. The van der Waals surface area contributed by atoms with E-state index in [4.69, 9.17) is 5.26 Å². The molecule has 1 aromatic heterocycles. The number of pyridine rings is 1. The number of hydrogen-bond donors (Lipinski definition) is 0. The van der Waals surface area contributed by atoms with Gasteiger partial charge in [0.25, 0.3) is 6.43 Å².